The number of benzene rings is 1. The fraction of sp³-hybridized carbons (Fsp3) is 0.588. The third-order valence-corrected chi connectivity index (χ3v) is 10.3. The predicted octanol–water partition coefficient (Wildman–Crippen LogP) is 6.33. The Morgan fingerprint density at radius 2 is 1.81 bits per heavy atom. The van der Waals surface area contributed by atoms with E-state index >= 15 is 0 Å². The number of aromatic amines is 1. The molecule has 3 aromatic rings. The molecule has 12 nitrogen and oxygen atoms in total. The molecule has 1 aliphatic heterocycles. The minimum absolute atomic E-state index is 0.0911. The maximum atomic E-state index is 14.1. The molecule has 0 radical (unpaired) electrons. The summed E-state index contributed by atoms with van der Waals surface area (Å²) >= 11 is -2.39. The Morgan fingerprint density at radius 1 is 1.15 bits per heavy atom. The van der Waals surface area contributed by atoms with Gasteiger partial charge in [0.1, 0.15) is 17.7 Å². The number of fused-ring (bicyclic) bond motifs is 1. The summed E-state index contributed by atoms with van der Waals surface area (Å²) in [5.41, 5.74) is 1.77. The monoisotopic (exact) mass is 666 g/mol. The number of aliphatic carboxylic acids is 1. The number of carbonyl (C=O) groups is 2. The lowest BCUT2D eigenvalue weighted by Gasteiger charge is -2.50. The zero-order valence-electron chi connectivity index (χ0n) is 28.2. The molecule has 0 spiro atoms. The summed E-state index contributed by atoms with van der Waals surface area (Å²) in [6, 6.07) is 7.31. The number of hydrogen-bond donors (Lipinski definition) is 4. The minimum Gasteiger partial charge on any atom is -0.481 e. The van der Waals surface area contributed by atoms with Gasteiger partial charge in [-0.15, -0.1) is 0 Å². The highest BCUT2D eigenvalue weighted by molar-refractivity contribution is 7.80. The molecule has 254 valence electrons. The number of esters is 1. The van der Waals surface area contributed by atoms with Crippen molar-refractivity contribution in [3.63, 3.8) is 0 Å². The van der Waals surface area contributed by atoms with Crippen LogP contribution in [0.3, 0.4) is 0 Å². The van der Waals surface area contributed by atoms with Crippen molar-refractivity contribution in [2.45, 2.75) is 80.3 Å². The predicted molar refractivity (Wildman–Crippen MR) is 180 cm³/mol. The Hall–Kier alpha value is -3.89. The van der Waals surface area contributed by atoms with Gasteiger partial charge in [0.05, 0.1) is 22.9 Å². The average Bonchev–Trinajstić information content (AvgIpc) is 3.54. The number of carboxylic acid groups (broad SMARTS) is 1. The molecule has 3 heterocycles. The zero-order valence-corrected chi connectivity index (χ0v) is 29.0. The first-order valence-electron chi connectivity index (χ1n) is 16.2. The van der Waals surface area contributed by atoms with Gasteiger partial charge in [-0.3, -0.25) is 19.2 Å². The summed E-state index contributed by atoms with van der Waals surface area (Å²) in [6.07, 6.45) is 4.31. The number of H-pyrrole nitrogens is 1. The first-order chi connectivity index (χ1) is 22.0. The molecule has 1 aromatic carbocycles. The highest BCUT2D eigenvalue weighted by Gasteiger charge is 2.48. The van der Waals surface area contributed by atoms with E-state index in [1.54, 1.807) is 18.2 Å². The maximum Gasteiger partial charge on any atom is 0.343 e. The second-order valence-corrected chi connectivity index (χ2v) is 16.1. The number of nitrogens with zero attached hydrogens (tertiary/aromatic N) is 4. The van der Waals surface area contributed by atoms with Crippen molar-refractivity contribution in [3.05, 3.63) is 35.5 Å². The summed E-state index contributed by atoms with van der Waals surface area (Å²) in [7, 11) is 0. The van der Waals surface area contributed by atoms with Crippen LogP contribution in [-0.4, -0.2) is 59.6 Å². The van der Waals surface area contributed by atoms with Crippen molar-refractivity contribution in [2.75, 3.05) is 22.7 Å². The molecular weight excluding hydrogens is 620 g/mol. The Labute approximate surface area is 278 Å². The van der Waals surface area contributed by atoms with Crippen LogP contribution in [0.5, 0.6) is 0 Å². The van der Waals surface area contributed by atoms with E-state index in [1.165, 1.54) is 10.7 Å². The van der Waals surface area contributed by atoms with Crippen LogP contribution in [0.4, 0.5) is 11.4 Å². The summed E-state index contributed by atoms with van der Waals surface area (Å²) in [5, 5.41) is 22.7. The van der Waals surface area contributed by atoms with E-state index in [9.17, 15) is 28.7 Å². The number of ether oxygens (including phenoxy) is 1. The number of nitriles is 1. The maximum absolute atomic E-state index is 14.1. The number of rotatable bonds is 7. The normalized spacial score (nSPS) is 24.5. The van der Waals surface area contributed by atoms with Gasteiger partial charge in [-0.2, -0.15) is 5.26 Å². The quantitative estimate of drug-likeness (QED) is 0.166. The number of carboxylic acids is 1. The van der Waals surface area contributed by atoms with Gasteiger partial charge in [0.2, 0.25) is 0 Å². The fourth-order valence-electron chi connectivity index (χ4n) is 7.43. The standard InChI is InChI=1S/C34H46N6O6S/c1-19-13-23(33(2,3)4)28(24(14-19)34(5,6)7)46-32(43)27-22(16-35)18-40-30(27)36-29(37-40)20-10-11-26(25(15-20)38-47(44)45)39-12-8-9-21(17-39)31(41)42/h10-11,15,18-19,21,23-24,28,38H,8-9,12-14,17H2,1-7H3,(H,36,37)(H,41,42)(H,44,45). The molecule has 0 bridgehead atoms. The molecule has 4 unspecified atom stereocenters. The number of aromatic nitrogens is 3. The van der Waals surface area contributed by atoms with Crippen LogP contribution in [0.2, 0.25) is 0 Å². The molecule has 2 aromatic heterocycles. The van der Waals surface area contributed by atoms with Crippen molar-refractivity contribution in [2.24, 2.45) is 34.5 Å². The van der Waals surface area contributed by atoms with E-state index < -0.39 is 29.1 Å². The molecule has 1 saturated carbocycles. The van der Waals surface area contributed by atoms with E-state index in [0.29, 0.717) is 48.1 Å². The van der Waals surface area contributed by atoms with E-state index in [2.05, 4.69) is 64.4 Å². The molecular formula is C34H46N6O6S. The van der Waals surface area contributed by atoms with Crippen molar-refractivity contribution in [3.8, 4) is 17.5 Å². The van der Waals surface area contributed by atoms with E-state index in [-0.39, 0.29) is 52.1 Å². The Kier molecular flexibility index (Phi) is 9.50. The summed E-state index contributed by atoms with van der Waals surface area (Å²) < 4.78 is 32.0. The molecule has 2 aliphatic rings. The van der Waals surface area contributed by atoms with Crippen LogP contribution in [0.1, 0.15) is 90.1 Å². The van der Waals surface area contributed by atoms with E-state index in [1.807, 2.05) is 4.90 Å². The van der Waals surface area contributed by atoms with Crippen LogP contribution in [0, 0.1) is 45.8 Å². The number of piperidine rings is 1. The van der Waals surface area contributed by atoms with Gasteiger partial charge >= 0.3 is 11.9 Å². The molecule has 2 fully saturated rings. The van der Waals surface area contributed by atoms with Gasteiger partial charge in [-0.25, -0.2) is 18.5 Å². The number of anilines is 2. The lowest BCUT2D eigenvalue weighted by molar-refractivity contribution is -0.141. The Balaban J connectivity index is 1.50. The molecule has 13 heteroatoms. The third-order valence-electron chi connectivity index (χ3n) is 9.90. The lowest BCUT2D eigenvalue weighted by Crippen LogP contribution is -2.49. The van der Waals surface area contributed by atoms with E-state index in [0.717, 1.165) is 12.8 Å². The second-order valence-electron chi connectivity index (χ2n) is 15.4. The number of nitrogens with one attached hydrogen (secondary N) is 2. The molecule has 47 heavy (non-hydrogen) atoms. The Morgan fingerprint density at radius 3 is 2.38 bits per heavy atom. The first-order valence-corrected chi connectivity index (χ1v) is 17.3. The van der Waals surface area contributed by atoms with Crippen molar-refractivity contribution < 1.29 is 28.2 Å². The largest absolute Gasteiger partial charge is 0.481 e. The van der Waals surface area contributed by atoms with E-state index in [4.69, 9.17) is 9.72 Å². The van der Waals surface area contributed by atoms with Gasteiger partial charge in [0.25, 0.3) is 11.3 Å². The highest BCUT2D eigenvalue weighted by atomic mass is 32.2. The topological polar surface area (TPSA) is 173 Å². The molecule has 4 N–H and O–H groups in total. The van der Waals surface area contributed by atoms with Gasteiger partial charge in [-0.1, -0.05) is 48.5 Å². The summed E-state index contributed by atoms with van der Waals surface area (Å²) in [4.78, 5) is 32.3. The third kappa shape index (κ3) is 7.18. The lowest BCUT2D eigenvalue weighted by atomic mass is 9.59. The average molecular weight is 667 g/mol. The number of carbonyl (C=O) groups excluding carboxylic acids is 1. The minimum atomic E-state index is -2.39. The van der Waals surface area contributed by atoms with Crippen LogP contribution in [-0.2, 0) is 20.8 Å². The van der Waals surface area contributed by atoms with Crippen LogP contribution in [0.25, 0.3) is 17.0 Å². The van der Waals surface area contributed by atoms with Gasteiger partial charge < -0.3 is 14.7 Å². The summed E-state index contributed by atoms with van der Waals surface area (Å²) in [5.74, 6) is -0.877. The number of hydrogen-bond acceptors (Lipinski definition) is 7. The van der Waals surface area contributed by atoms with Crippen LogP contribution >= 0.6 is 0 Å². The molecule has 0 amide bonds. The SMILES string of the molecule is CC1CC(C(C)(C)C)C(OC(=O)c2c(C#N)cn3[nH]c(-c4ccc(N5CCCC(C(=O)O)C5)c(NS(=O)O)c4)nc23)C(C(C)(C)C)C1. The molecule has 1 saturated heterocycles. The molecule has 5 rings (SSSR count). The molecule has 1 aliphatic carbocycles. The smallest absolute Gasteiger partial charge is 0.343 e. The van der Waals surface area contributed by atoms with Crippen molar-refractivity contribution in [1.29, 1.82) is 5.26 Å². The fourth-order valence-corrected chi connectivity index (χ4v) is 7.79. The van der Waals surface area contributed by atoms with Crippen LogP contribution < -0.4 is 9.62 Å². The van der Waals surface area contributed by atoms with Gasteiger partial charge in [0.15, 0.2) is 11.5 Å². The first kappa shape index (κ1) is 34.4. The Bertz CT molecular complexity index is 1700. The molecule has 4 atom stereocenters. The van der Waals surface area contributed by atoms with Gasteiger partial charge in [0, 0.05) is 36.7 Å². The van der Waals surface area contributed by atoms with Crippen LogP contribution in [0.15, 0.2) is 24.4 Å². The highest BCUT2D eigenvalue weighted by Crippen LogP contribution is 2.50. The zero-order chi connectivity index (χ0) is 34.4. The van der Waals surface area contributed by atoms with Crippen molar-refractivity contribution >= 4 is 40.2 Å². The van der Waals surface area contributed by atoms with Crippen molar-refractivity contribution in [1.82, 2.24) is 14.6 Å². The second kappa shape index (κ2) is 13.0. The van der Waals surface area contributed by atoms with Gasteiger partial charge in [-0.05, 0) is 60.6 Å². The summed E-state index contributed by atoms with van der Waals surface area (Å²) in [6.45, 7) is 16.3.